The Morgan fingerprint density at radius 3 is 2.42 bits per heavy atom. The van der Waals surface area contributed by atoms with Gasteiger partial charge in [-0.2, -0.15) is 0 Å². The SMILES string of the molecule is CCCCNCC1(C(C)C)CC1. The molecule has 1 fully saturated rings. The van der Waals surface area contributed by atoms with Crippen molar-refractivity contribution < 1.29 is 0 Å². The third-order valence-corrected chi connectivity index (χ3v) is 3.30. The molecule has 1 aliphatic carbocycles. The zero-order valence-corrected chi connectivity index (χ0v) is 8.82. The van der Waals surface area contributed by atoms with Gasteiger partial charge in [-0.1, -0.05) is 27.2 Å². The maximum absolute atomic E-state index is 3.57. The summed E-state index contributed by atoms with van der Waals surface area (Å²) < 4.78 is 0. The van der Waals surface area contributed by atoms with Crippen molar-refractivity contribution in [3.8, 4) is 0 Å². The summed E-state index contributed by atoms with van der Waals surface area (Å²) in [6.45, 7) is 9.43. The van der Waals surface area contributed by atoms with E-state index in [1.54, 1.807) is 0 Å². The van der Waals surface area contributed by atoms with Crippen LogP contribution in [-0.4, -0.2) is 13.1 Å². The summed E-state index contributed by atoms with van der Waals surface area (Å²) in [5, 5.41) is 3.57. The molecular weight excluding hydrogens is 146 g/mol. The lowest BCUT2D eigenvalue weighted by Gasteiger charge is -2.19. The van der Waals surface area contributed by atoms with Crippen molar-refractivity contribution in [2.24, 2.45) is 11.3 Å². The summed E-state index contributed by atoms with van der Waals surface area (Å²) in [7, 11) is 0. The molecule has 0 aromatic heterocycles. The molecule has 0 unspecified atom stereocenters. The summed E-state index contributed by atoms with van der Waals surface area (Å²) in [5.41, 5.74) is 0.688. The fourth-order valence-electron chi connectivity index (χ4n) is 1.76. The van der Waals surface area contributed by atoms with Crippen molar-refractivity contribution in [1.29, 1.82) is 0 Å². The number of hydrogen-bond acceptors (Lipinski definition) is 1. The molecule has 0 amide bonds. The molecule has 1 nitrogen and oxygen atoms in total. The fourth-order valence-corrected chi connectivity index (χ4v) is 1.76. The van der Waals surface area contributed by atoms with Gasteiger partial charge in [-0.25, -0.2) is 0 Å². The second-order valence-electron chi connectivity index (χ2n) is 4.55. The van der Waals surface area contributed by atoms with Gasteiger partial charge < -0.3 is 5.32 Å². The van der Waals surface area contributed by atoms with Gasteiger partial charge in [0.15, 0.2) is 0 Å². The van der Waals surface area contributed by atoms with E-state index in [4.69, 9.17) is 0 Å². The van der Waals surface area contributed by atoms with Gasteiger partial charge in [-0.3, -0.25) is 0 Å². The van der Waals surface area contributed by atoms with E-state index < -0.39 is 0 Å². The largest absolute Gasteiger partial charge is 0.316 e. The van der Waals surface area contributed by atoms with Gasteiger partial charge in [0.1, 0.15) is 0 Å². The van der Waals surface area contributed by atoms with Crippen molar-refractivity contribution in [1.82, 2.24) is 5.32 Å². The van der Waals surface area contributed by atoms with Crippen LogP contribution in [0.15, 0.2) is 0 Å². The average molecular weight is 169 g/mol. The lowest BCUT2D eigenvalue weighted by Crippen LogP contribution is -2.28. The smallest absolute Gasteiger partial charge is 0.00103 e. The highest BCUT2D eigenvalue weighted by atomic mass is 14.9. The highest BCUT2D eigenvalue weighted by molar-refractivity contribution is 4.96. The number of nitrogens with one attached hydrogen (secondary N) is 1. The van der Waals surface area contributed by atoms with E-state index in [0.717, 1.165) is 5.92 Å². The van der Waals surface area contributed by atoms with E-state index in [0.29, 0.717) is 5.41 Å². The van der Waals surface area contributed by atoms with Gasteiger partial charge in [0.25, 0.3) is 0 Å². The molecule has 72 valence electrons. The lowest BCUT2D eigenvalue weighted by atomic mass is 9.92. The number of unbranched alkanes of at least 4 members (excludes halogenated alkanes) is 1. The number of hydrogen-bond donors (Lipinski definition) is 1. The maximum atomic E-state index is 3.57. The molecule has 0 aromatic carbocycles. The van der Waals surface area contributed by atoms with E-state index in [2.05, 4.69) is 26.1 Å². The van der Waals surface area contributed by atoms with Gasteiger partial charge in [0.05, 0.1) is 0 Å². The van der Waals surface area contributed by atoms with Crippen LogP contribution in [0.25, 0.3) is 0 Å². The van der Waals surface area contributed by atoms with Crippen LogP contribution in [0.4, 0.5) is 0 Å². The predicted octanol–water partition coefficient (Wildman–Crippen LogP) is 2.81. The van der Waals surface area contributed by atoms with Crippen molar-refractivity contribution in [3.63, 3.8) is 0 Å². The normalized spacial score (nSPS) is 20.0. The molecular formula is C11H23N. The zero-order chi connectivity index (χ0) is 9.03. The molecule has 1 aliphatic rings. The molecule has 0 saturated heterocycles. The second-order valence-corrected chi connectivity index (χ2v) is 4.55. The molecule has 0 atom stereocenters. The highest BCUT2D eigenvalue weighted by Gasteiger charge is 2.44. The Labute approximate surface area is 76.9 Å². The Kier molecular flexibility index (Phi) is 3.57. The minimum Gasteiger partial charge on any atom is -0.316 e. The van der Waals surface area contributed by atoms with Crippen molar-refractivity contribution in [2.45, 2.75) is 46.5 Å². The Hall–Kier alpha value is -0.0400. The summed E-state index contributed by atoms with van der Waals surface area (Å²) in [5.74, 6) is 0.867. The van der Waals surface area contributed by atoms with Crippen LogP contribution in [-0.2, 0) is 0 Å². The molecule has 1 rings (SSSR count). The number of rotatable bonds is 6. The van der Waals surface area contributed by atoms with Crippen molar-refractivity contribution >= 4 is 0 Å². The lowest BCUT2D eigenvalue weighted by molar-refractivity contribution is 0.338. The summed E-state index contributed by atoms with van der Waals surface area (Å²) in [4.78, 5) is 0. The Morgan fingerprint density at radius 2 is 2.00 bits per heavy atom. The second kappa shape index (κ2) is 4.27. The van der Waals surface area contributed by atoms with Crippen LogP contribution >= 0.6 is 0 Å². The van der Waals surface area contributed by atoms with Gasteiger partial charge in [-0.15, -0.1) is 0 Å². The molecule has 12 heavy (non-hydrogen) atoms. The summed E-state index contributed by atoms with van der Waals surface area (Å²) in [6, 6.07) is 0. The standard InChI is InChI=1S/C11H23N/c1-4-5-8-12-9-11(6-7-11)10(2)3/h10,12H,4-9H2,1-3H3. The van der Waals surface area contributed by atoms with Gasteiger partial charge >= 0.3 is 0 Å². The first-order chi connectivity index (χ1) is 5.71. The van der Waals surface area contributed by atoms with Crippen LogP contribution in [0.2, 0.25) is 0 Å². The molecule has 0 spiro atoms. The third kappa shape index (κ3) is 2.48. The molecule has 0 aromatic rings. The molecule has 0 aliphatic heterocycles. The first kappa shape index (κ1) is 10.0. The molecule has 1 saturated carbocycles. The molecule has 1 heteroatoms. The molecule has 0 bridgehead atoms. The molecule has 1 N–H and O–H groups in total. The molecule has 0 heterocycles. The van der Waals surface area contributed by atoms with Crippen LogP contribution in [0.3, 0.4) is 0 Å². The van der Waals surface area contributed by atoms with Crippen LogP contribution in [0.1, 0.15) is 46.5 Å². The quantitative estimate of drug-likeness (QED) is 0.603. The van der Waals surface area contributed by atoms with Gasteiger partial charge in [0, 0.05) is 6.54 Å². The highest BCUT2D eigenvalue weighted by Crippen LogP contribution is 2.51. The van der Waals surface area contributed by atoms with Crippen molar-refractivity contribution in [2.75, 3.05) is 13.1 Å². The summed E-state index contributed by atoms with van der Waals surface area (Å²) in [6.07, 6.45) is 5.53. The average Bonchev–Trinajstić information content (AvgIpc) is 2.79. The maximum Gasteiger partial charge on any atom is 0.00103 e. The van der Waals surface area contributed by atoms with E-state index in [1.165, 1.54) is 38.8 Å². The zero-order valence-electron chi connectivity index (χ0n) is 8.82. The monoisotopic (exact) mass is 169 g/mol. The van der Waals surface area contributed by atoms with E-state index >= 15 is 0 Å². The first-order valence-corrected chi connectivity index (χ1v) is 5.42. The molecule has 0 radical (unpaired) electrons. The summed E-state index contributed by atoms with van der Waals surface area (Å²) >= 11 is 0. The van der Waals surface area contributed by atoms with Crippen LogP contribution < -0.4 is 5.32 Å². The van der Waals surface area contributed by atoms with Crippen LogP contribution in [0, 0.1) is 11.3 Å². The minimum absolute atomic E-state index is 0.688. The van der Waals surface area contributed by atoms with E-state index in [9.17, 15) is 0 Å². The fraction of sp³-hybridized carbons (Fsp3) is 1.00. The minimum atomic E-state index is 0.688. The van der Waals surface area contributed by atoms with E-state index in [1.807, 2.05) is 0 Å². The Morgan fingerprint density at radius 1 is 1.33 bits per heavy atom. The Bertz CT molecular complexity index is 125. The van der Waals surface area contributed by atoms with Crippen molar-refractivity contribution in [3.05, 3.63) is 0 Å². The topological polar surface area (TPSA) is 12.0 Å². The Balaban J connectivity index is 2.06. The van der Waals surface area contributed by atoms with Crippen LogP contribution in [0.5, 0.6) is 0 Å². The van der Waals surface area contributed by atoms with Gasteiger partial charge in [0.2, 0.25) is 0 Å². The predicted molar refractivity (Wildman–Crippen MR) is 54.3 cm³/mol. The first-order valence-electron chi connectivity index (χ1n) is 5.42. The van der Waals surface area contributed by atoms with E-state index in [-0.39, 0.29) is 0 Å². The third-order valence-electron chi connectivity index (χ3n) is 3.30. The van der Waals surface area contributed by atoms with Gasteiger partial charge in [-0.05, 0) is 37.1 Å².